The maximum absolute atomic E-state index is 5.47. The summed E-state index contributed by atoms with van der Waals surface area (Å²) in [4.78, 5) is 0. The van der Waals surface area contributed by atoms with Crippen molar-refractivity contribution in [2.45, 2.75) is 58.6 Å². The van der Waals surface area contributed by atoms with Crippen LogP contribution in [0.15, 0.2) is 0 Å². The van der Waals surface area contributed by atoms with E-state index in [-0.39, 0.29) is 5.60 Å². The zero-order chi connectivity index (χ0) is 12.9. The van der Waals surface area contributed by atoms with Crippen molar-refractivity contribution in [3.8, 4) is 0 Å². The molecule has 1 atom stereocenters. The highest BCUT2D eigenvalue weighted by Crippen LogP contribution is 2.29. The summed E-state index contributed by atoms with van der Waals surface area (Å²) in [6.07, 6.45) is 3.37. The van der Waals surface area contributed by atoms with E-state index in [4.69, 9.17) is 9.47 Å². The molecule has 102 valence electrons. The topological polar surface area (TPSA) is 30.5 Å². The number of hydrogen-bond donors (Lipinski definition) is 1. The van der Waals surface area contributed by atoms with Crippen LogP contribution in [-0.2, 0) is 9.47 Å². The minimum atomic E-state index is -0.0387. The molecule has 0 radical (unpaired) electrons. The number of ether oxygens (including phenoxy) is 2. The molecule has 0 aromatic rings. The van der Waals surface area contributed by atoms with Crippen molar-refractivity contribution in [1.29, 1.82) is 0 Å². The molecule has 3 nitrogen and oxygen atoms in total. The third kappa shape index (κ3) is 5.36. The quantitative estimate of drug-likeness (QED) is 0.778. The summed E-state index contributed by atoms with van der Waals surface area (Å²) in [6, 6.07) is 0.490. The first-order chi connectivity index (χ1) is 7.87. The molecule has 0 bridgehead atoms. The lowest BCUT2D eigenvalue weighted by atomic mass is 9.82. The second-order valence-corrected chi connectivity index (χ2v) is 6.37. The van der Waals surface area contributed by atoms with E-state index in [9.17, 15) is 0 Å². The van der Waals surface area contributed by atoms with Crippen LogP contribution < -0.4 is 5.32 Å². The van der Waals surface area contributed by atoms with Gasteiger partial charge in [-0.15, -0.1) is 0 Å². The zero-order valence-electron chi connectivity index (χ0n) is 12.1. The lowest BCUT2D eigenvalue weighted by Crippen LogP contribution is -2.43. The van der Waals surface area contributed by atoms with Crippen molar-refractivity contribution in [2.75, 3.05) is 26.9 Å². The van der Waals surface area contributed by atoms with Crippen LogP contribution in [0.1, 0.15) is 47.0 Å². The Morgan fingerprint density at radius 2 is 1.94 bits per heavy atom. The van der Waals surface area contributed by atoms with Crippen LogP contribution in [0.4, 0.5) is 0 Å². The first kappa shape index (κ1) is 14.9. The van der Waals surface area contributed by atoms with Gasteiger partial charge in [-0.1, -0.05) is 6.92 Å². The van der Waals surface area contributed by atoms with E-state index >= 15 is 0 Å². The van der Waals surface area contributed by atoms with E-state index in [1.807, 2.05) is 0 Å². The SMILES string of the molecule is COC(C)(C)CC(C)NCC1(C)CCOCC1. The van der Waals surface area contributed by atoms with E-state index in [0.29, 0.717) is 11.5 Å². The fraction of sp³-hybridized carbons (Fsp3) is 1.00. The molecule has 1 unspecified atom stereocenters. The van der Waals surface area contributed by atoms with Gasteiger partial charge in [0.15, 0.2) is 0 Å². The Bertz CT molecular complexity index is 222. The second kappa shape index (κ2) is 6.17. The molecule has 1 aliphatic heterocycles. The number of hydrogen-bond acceptors (Lipinski definition) is 3. The van der Waals surface area contributed by atoms with Gasteiger partial charge in [-0.3, -0.25) is 0 Å². The van der Waals surface area contributed by atoms with Crippen molar-refractivity contribution in [2.24, 2.45) is 5.41 Å². The molecule has 1 aliphatic rings. The van der Waals surface area contributed by atoms with Crippen molar-refractivity contribution >= 4 is 0 Å². The van der Waals surface area contributed by atoms with E-state index in [0.717, 1.165) is 26.2 Å². The van der Waals surface area contributed by atoms with Crippen LogP contribution in [0.3, 0.4) is 0 Å². The van der Waals surface area contributed by atoms with Gasteiger partial charge in [0.25, 0.3) is 0 Å². The molecule has 1 heterocycles. The lowest BCUT2D eigenvalue weighted by Gasteiger charge is -2.36. The van der Waals surface area contributed by atoms with Crippen LogP contribution in [0.2, 0.25) is 0 Å². The molecule has 1 fully saturated rings. The lowest BCUT2D eigenvalue weighted by molar-refractivity contribution is 0.00254. The highest BCUT2D eigenvalue weighted by Gasteiger charge is 2.28. The monoisotopic (exact) mass is 243 g/mol. The molecular weight excluding hydrogens is 214 g/mol. The van der Waals surface area contributed by atoms with Crippen LogP contribution in [-0.4, -0.2) is 38.5 Å². The van der Waals surface area contributed by atoms with Crippen LogP contribution >= 0.6 is 0 Å². The third-order valence-corrected chi connectivity index (χ3v) is 3.93. The summed E-state index contributed by atoms with van der Waals surface area (Å²) in [7, 11) is 1.78. The van der Waals surface area contributed by atoms with Gasteiger partial charge in [0.05, 0.1) is 5.60 Å². The number of nitrogens with one attached hydrogen (secondary N) is 1. The summed E-state index contributed by atoms with van der Waals surface area (Å²) in [5, 5.41) is 3.65. The van der Waals surface area contributed by atoms with E-state index in [1.54, 1.807) is 7.11 Å². The van der Waals surface area contributed by atoms with Gasteiger partial charge in [0.2, 0.25) is 0 Å². The Balaban J connectivity index is 2.29. The van der Waals surface area contributed by atoms with Crippen molar-refractivity contribution in [3.63, 3.8) is 0 Å². The molecule has 3 heteroatoms. The molecule has 1 saturated heterocycles. The number of methoxy groups -OCH3 is 1. The van der Waals surface area contributed by atoms with Gasteiger partial charge in [-0.25, -0.2) is 0 Å². The molecule has 0 amide bonds. The molecule has 17 heavy (non-hydrogen) atoms. The largest absolute Gasteiger partial charge is 0.381 e. The standard InChI is InChI=1S/C14H29NO2/c1-12(10-13(2,3)16-5)15-11-14(4)6-8-17-9-7-14/h12,15H,6-11H2,1-5H3. The van der Waals surface area contributed by atoms with Crippen molar-refractivity contribution in [3.05, 3.63) is 0 Å². The van der Waals surface area contributed by atoms with Crippen LogP contribution in [0, 0.1) is 5.41 Å². The second-order valence-electron chi connectivity index (χ2n) is 6.37. The molecular formula is C14H29NO2. The molecule has 1 rings (SSSR count). The van der Waals surface area contributed by atoms with Gasteiger partial charge in [0, 0.05) is 32.9 Å². The summed E-state index contributed by atoms with van der Waals surface area (Å²) in [5.41, 5.74) is 0.368. The summed E-state index contributed by atoms with van der Waals surface area (Å²) >= 11 is 0. The fourth-order valence-corrected chi connectivity index (χ4v) is 2.35. The van der Waals surface area contributed by atoms with Gasteiger partial charge in [-0.05, 0) is 45.4 Å². The maximum atomic E-state index is 5.47. The molecule has 0 saturated carbocycles. The third-order valence-electron chi connectivity index (χ3n) is 3.93. The summed E-state index contributed by atoms with van der Waals surface area (Å²) in [6.45, 7) is 11.8. The average molecular weight is 243 g/mol. The Kier molecular flexibility index (Phi) is 5.42. The van der Waals surface area contributed by atoms with Gasteiger partial charge < -0.3 is 14.8 Å². The maximum Gasteiger partial charge on any atom is 0.0637 e. The first-order valence-electron chi connectivity index (χ1n) is 6.73. The normalized spacial score (nSPS) is 22.4. The van der Waals surface area contributed by atoms with Gasteiger partial charge in [-0.2, -0.15) is 0 Å². The van der Waals surface area contributed by atoms with Crippen LogP contribution in [0.5, 0.6) is 0 Å². The van der Waals surface area contributed by atoms with E-state index in [2.05, 4.69) is 33.0 Å². The molecule has 0 spiro atoms. The smallest absolute Gasteiger partial charge is 0.0637 e. The average Bonchev–Trinajstić information content (AvgIpc) is 2.27. The van der Waals surface area contributed by atoms with Gasteiger partial charge >= 0.3 is 0 Å². The minimum Gasteiger partial charge on any atom is -0.381 e. The predicted octanol–water partition coefficient (Wildman–Crippen LogP) is 2.60. The molecule has 0 aromatic heterocycles. The Hall–Kier alpha value is -0.120. The highest BCUT2D eigenvalue weighted by atomic mass is 16.5. The molecule has 0 aliphatic carbocycles. The molecule has 0 aromatic carbocycles. The van der Waals surface area contributed by atoms with Crippen molar-refractivity contribution in [1.82, 2.24) is 5.32 Å². The summed E-state index contributed by atoms with van der Waals surface area (Å²) < 4.78 is 10.9. The van der Waals surface area contributed by atoms with E-state index < -0.39 is 0 Å². The minimum absolute atomic E-state index is 0.0387. The Morgan fingerprint density at radius 1 is 1.35 bits per heavy atom. The van der Waals surface area contributed by atoms with Crippen LogP contribution in [0.25, 0.3) is 0 Å². The Morgan fingerprint density at radius 3 is 2.47 bits per heavy atom. The van der Waals surface area contributed by atoms with Crippen molar-refractivity contribution < 1.29 is 9.47 Å². The van der Waals surface area contributed by atoms with Gasteiger partial charge in [0.1, 0.15) is 0 Å². The highest BCUT2D eigenvalue weighted by molar-refractivity contribution is 4.82. The Labute approximate surface area is 106 Å². The van der Waals surface area contributed by atoms with E-state index in [1.165, 1.54) is 12.8 Å². The number of rotatable bonds is 6. The fourth-order valence-electron chi connectivity index (χ4n) is 2.35. The first-order valence-corrected chi connectivity index (χ1v) is 6.73. The molecule has 1 N–H and O–H groups in total. The zero-order valence-corrected chi connectivity index (χ0v) is 12.1. The summed E-state index contributed by atoms with van der Waals surface area (Å²) in [5.74, 6) is 0. The predicted molar refractivity (Wildman–Crippen MR) is 71.3 cm³/mol.